The maximum atomic E-state index is 12.7. The van der Waals surface area contributed by atoms with Crippen LogP contribution in [-0.2, 0) is 19.1 Å². The van der Waals surface area contributed by atoms with E-state index in [0.717, 1.165) is 12.8 Å². The first-order chi connectivity index (χ1) is 14.1. The number of hydrogen-bond acceptors (Lipinski definition) is 5. The Kier molecular flexibility index (Phi) is 8.29. The highest BCUT2D eigenvalue weighted by Gasteiger charge is 2.38. The number of hydrogen-bond donors (Lipinski definition) is 1. The molecular formula is C22H37N3O5. The van der Waals surface area contributed by atoms with Crippen molar-refractivity contribution in [1.82, 2.24) is 15.1 Å². The Balaban J connectivity index is 1.85. The summed E-state index contributed by atoms with van der Waals surface area (Å²) in [6.45, 7) is 12.5. The maximum absolute atomic E-state index is 12.7. The van der Waals surface area contributed by atoms with Crippen molar-refractivity contribution in [3.63, 3.8) is 0 Å². The minimum atomic E-state index is -0.516. The van der Waals surface area contributed by atoms with Gasteiger partial charge in [-0.1, -0.05) is 6.58 Å². The second-order valence-electron chi connectivity index (χ2n) is 9.42. The third-order valence-electron chi connectivity index (χ3n) is 5.92. The number of likely N-dealkylation sites (tertiary alicyclic amines) is 2. The molecule has 1 N–H and O–H groups in total. The Morgan fingerprint density at radius 2 is 1.70 bits per heavy atom. The highest BCUT2D eigenvalue weighted by Crippen LogP contribution is 2.32. The lowest BCUT2D eigenvalue weighted by Gasteiger charge is -2.42. The first-order valence-electron chi connectivity index (χ1n) is 10.7. The normalized spacial score (nSPS) is 19.9. The van der Waals surface area contributed by atoms with E-state index in [2.05, 4.69) is 11.9 Å². The number of nitrogens with one attached hydrogen (secondary N) is 1. The largest absolute Gasteiger partial charge is 0.444 e. The molecule has 0 spiro atoms. The molecule has 2 fully saturated rings. The molecule has 3 amide bonds. The summed E-state index contributed by atoms with van der Waals surface area (Å²) in [5.74, 6) is -0.129. The molecule has 30 heavy (non-hydrogen) atoms. The quantitative estimate of drug-likeness (QED) is 0.662. The molecule has 0 radical (unpaired) electrons. The lowest BCUT2D eigenvalue weighted by molar-refractivity contribution is -0.132. The van der Waals surface area contributed by atoms with Crippen LogP contribution < -0.4 is 5.32 Å². The van der Waals surface area contributed by atoms with Gasteiger partial charge in [-0.3, -0.25) is 9.59 Å². The predicted molar refractivity (Wildman–Crippen MR) is 114 cm³/mol. The van der Waals surface area contributed by atoms with Crippen molar-refractivity contribution in [2.45, 2.75) is 52.1 Å². The van der Waals surface area contributed by atoms with Crippen LogP contribution in [0, 0.1) is 11.3 Å². The fourth-order valence-corrected chi connectivity index (χ4v) is 4.08. The SMILES string of the molecule is C=CC(=O)N1CCC(C(=O)NCC2(COC)CCN(C(=O)OC(C)(C)C)CC2)CC1. The van der Waals surface area contributed by atoms with Gasteiger partial charge in [0.05, 0.1) is 6.61 Å². The van der Waals surface area contributed by atoms with Gasteiger partial charge in [0, 0.05) is 51.2 Å². The molecule has 0 unspecified atom stereocenters. The summed E-state index contributed by atoms with van der Waals surface area (Å²) < 4.78 is 10.9. The second-order valence-corrected chi connectivity index (χ2v) is 9.42. The highest BCUT2D eigenvalue weighted by atomic mass is 16.6. The molecule has 0 bridgehead atoms. The fourth-order valence-electron chi connectivity index (χ4n) is 4.08. The van der Waals surface area contributed by atoms with Crippen LogP contribution in [0.1, 0.15) is 46.5 Å². The van der Waals surface area contributed by atoms with Gasteiger partial charge in [-0.25, -0.2) is 4.79 Å². The average molecular weight is 424 g/mol. The Morgan fingerprint density at radius 1 is 1.10 bits per heavy atom. The van der Waals surface area contributed by atoms with Gasteiger partial charge in [-0.2, -0.15) is 0 Å². The minimum Gasteiger partial charge on any atom is -0.444 e. The summed E-state index contributed by atoms with van der Waals surface area (Å²) >= 11 is 0. The number of carbonyl (C=O) groups is 3. The van der Waals surface area contributed by atoms with Gasteiger partial charge in [-0.15, -0.1) is 0 Å². The summed E-state index contributed by atoms with van der Waals surface area (Å²) in [5, 5.41) is 3.11. The van der Waals surface area contributed by atoms with Gasteiger partial charge in [0.1, 0.15) is 5.60 Å². The van der Waals surface area contributed by atoms with E-state index in [1.807, 2.05) is 20.8 Å². The van der Waals surface area contributed by atoms with E-state index >= 15 is 0 Å². The smallest absolute Gasteiger partial charge is 0.410 e. The van der Waals surface area contributed by atoms with Crippen molar-refractivity contribution < 1.29 is 23.9 Å². The molecule has 8 nitrogen and oxygen atoms in total. The molecule has 0 aromatic rings. The van der Waals surface area contributed by atoms with Crippen LogP contribution >= 0.6 is 0 Å². The molecule has 2 aliphatic heterocycles. The topological polar surface area (TPSA) is 88.2 Å². The van der Waals surface area contributed by atoms with Gasteiger partial charge < -0.3 is 24.6 Å². The molecule has 170 valence electrons. The molecule has 2 rings (SSSR count). The van der Waals surface area contributed by atoms with Crippen LogP contribution in [-0.4, -0.2) is 79.7 Å². The number of rotatable bonds is 6. The third-order valence-corrected chi connectivity index (χ3v) is 5.92. The van der Waals surface area contributed by atoms with Gasteiger partial charge in [-0.05, 0) is 52.5 Å². The van der Waals surface area contributed by atoms with E-state index in [4.69, 9.17) is 9.47 Å². The molecule has 2 heterocycles. The van der Waals surface area contributed by atoms with Crippen molar-refractivity contribution in [2.24, 2.45) is 11.3 Å². The summed E-state index contributed by atoms with van der Waals surface area (Å²) in [6.07, 6.45) is 3.83. The van der Waals surface area contributed by atoms with Crippen LogP contribution in [0.4, 0.5) is 4.79 Å². The lowest BCUT2D eigenvalue weighted by Crippen LogP contribution is -2.51. The van der Waals surface area contributed by atoms with E-state index < -0.39 is 5.60 Å². The second kappa shape index (κ2) is 10.3. The molecule has 0 aromatic carbocycles. The first-order valence-corrected chi connectivity index (χ1v) is 10.7. The molecule has 0 atom stereocenters. The highest BCUT2D eigenvalue weighted by molar-refractivity contribution is 5.87. The van der Waals surface area contributed by atoms with Crippen molar-refractivity contribution >= 4 is 17.9 Å². The van der Waals surface area contributed by atoms with Crippen molar-refractivity contribution in [2.75, 3.05) is 46.4 Å². The number of amides is 3. The average Bonchev–Trinajstić information content (AvgIpc) is 2.71. The standard InChI is InChI=1S/C22H37N3O5/c1-6-18(26)24-11-7-17(8-12-24)19(27)23-15-22(16-29-5)9-13-25(14-10-22)20(28)30-21(2,3)4/h6,17H,1,7-16H2,2-5H3,(H,23,27). The number of piperidine rings is 2. The molecule has 0 aromatic heterocycles. The van der Waals surface area contributed by atoms with Crippen molar-refractivity contribution in [3.05, 3.63) is 12.7 Å². The first kappa shape index (κ1) is 24.2. The lowest BCUT2D eigenvalue weighted by atomic mass is 9.78. The van der Waals surface area contributed by atoms with Crippen LogP contribution in [0.25, 0.3) is 0 Å². The van der Waals surface area contributed by atoms with Crippen LogP contribution in [0.5, 0.6) is 0 Å². The molecule has 2 aliphatic rings. The van der Waals surface area contributed by atoms with E-state index in [0.29, 0.717) is 52.2 Å². The Labute approximate surface area is 179 Å². The molecule has 2 saturated heterocycles. The summed E-state index contributed by atoms with van der Waals surface area (Å²) in [7, 11) is 1.66. The molecule has 0 aliphatic carbocycles. The van der Waals surface area contributed by atoms with E-state index in [-0.39, 0.29) is 29.2 Å². The minimum absolute atomic E-state index is 0.0331. The zero-order chi connectivity index (χ0) is 22.4. The summed E-state index contributed by atoms with van der Waals surface area (Å²) in [6, 6.07) is 0. The van der Waals surface area contributed by atoms with E-state index in [1.165, 1.54) is 6.08 Å². The maximum Gasteiger partial charge on any atom is 0.410 e. The van der Waals surface area contributed by atoms with Crippen LogP contribution in [0.2, 0.25) is 0 Å². The van der Waals surface area contributed by atoms with Crippen molar-refractivity contribution in [1.29, 1.82) is 0 Å². The Hall–Kier alpha value is -2.09. The molecule has 8 heteroatoms. The number of ether oxygens (including phenoxy) is 2. The van der Waals surface area contributed by atoms with Crippen molar-refractivity contribution in [3.8, 4) is 0 Å². The number of nitrogens with zero attached hydrogens (tertiary/aromatic N) is 2. The zero-order valence-electron chi connectivity index (χ0n) is 18.9. The predicted octanol–water partition coefficient (Wildman–Crippen LogP) is 2.19. The van der Waals surface area contributed by atoms with E-state index in [1.54, 1.807) is 16.9 Å². The number of carbonyl (C=O) groups excluding carboxylic acids is 3. The van der Waals surface area contributed by atoms with Crippen LogP contribution in [0.3, 0.4) is 0 Å². The Bertz CT molecular complexity index is 627. The number of methoxy groups -OCH3 is 1. The monoisotopic (exact) mass is 423 g/mol. The van der Waals surface area contributed by atoms with Gasteiger partial charge in [0.15, 0.2) is 0 Å². The van der Waals surface area contributed by atoms with Gasteiger partial charge in [0.25, 0.3) is 0 Å². The molecular weight excluding hydrogens is 386 g/mol. The molecule has 0 saturated carbocycles. The third kappa shape index (κ3) is 6.72. The zero-order valence-corrected chi connectivity index (χ0v) is 18.9. The summed E-state index contributed by atoms with van der Waals surface area (Å²) in [4.78, 5) is 40.2. The van der Waals surface area contributed by atoms with E-state index in [9.17, 15) is 14.4 Å². The van der Waals surface area contributed by atoms with Gasteiger partial charge in [0.2, 0.25) is 11.8 Å². The Morgan fingerprint density at radius 3 is 2.20 bits per heavy atom. The van der Waals surface area contributed by atoms with Gasteiger partial charge >= 0.3 is 6.09 Å². The fraction of sp³-hybridized carbons (Fsp3) is 0.773. The van der Waals surface area contributed by atoms with Crippen LogP contribution in [0.15, 0.2) is 12.7 Å². The summed E-state index contributed by atoms with van der Waals surface area (Å²) in [5.41, 5.74) is -0.708.